The molecule has 0 fully saturated rings. The van der Waals surface area contributed by atoms with Gasteiger partial charge in [-0.15, -0.1) is 0 Å². The predicted octanol–water partition coefficient (Wildman–Crippen LogP) is 1.55. The number of hydrogen-bond acceptors (Lipinski definition) is 4. The van der Waals surface area contributed by atoms with Crippen molar-refractivity contribution in [2.45, 2.75) is 13.1 Å². The standard InChI is InChI=1S/C14H20N4O/c1-17(2)14-6-4-3-5-13(14)15-9-12-10-16-18(11-12)7-8-19/h3-6,10-11,15,19H,7-9H2,1-2H3. The quantitative estimate of drug-likeness (QED) is 0.827. The van der Waals surface area contributed by atoms with Crippen LogP contribution < -0.4 is 10.2 Å². The number of hydrogen-bond donors (Lipinski definition) is 2. The Balaban J connectivity index is 2.01. The maximum absolute atomic E-state index is 8.85. The Hall–Kier alpha value is -2.01. The molecule has 102 valence electrons. The highest BCUT2D eigenvalue weighted by molar-refractivity contribution is 5.69. The van der Waals surface area contributed by atoms with Crippen LogP contribution in [0.25, 0.3) is 0 Å². The first-order chi connectivity index (χ1) is 9.20. The Kier molecular flexibility index (Phi) is 4.41. The van der Waals surface area contributed by atoms with Gasteiger partial charge in [-0.25, -0.2) is 0 Å². The van der Waals surface area contributed by atoms with Crippen LogP contribution in [0.3, 0.4) is 0 Å². The molecule has 5 heteroatoms. The molecule has 2 aromatic rings. The normalized spacial score (nSPS) is 10.5. The molecule has 0 saturated carbocycles. The van der Waals surface area contributed by atoms with E-state index in [-0.39, 0.29) is 6.61 Å². The molecule has 5 nitrogen and oxygen atoms in total. The fourth-order valence-electron chi connectivity index (χ4n) is 1.93. The zero-order valence-electron chi connectivity index (χ0n) is 11.4. The Morgan fingerprint density at radius 2 is 2.11 bits per heavy atom. The second-order valence-electron chi connectivity index (χ2n) is 4.60. The number of anilines is 2. The van der Waals surface area contributed by atoms with Crippen molar-refractivity contribution in [3.63, 3.8) is 0 Å². The Bertz CT molecular complexity index is 522. The van der Waals surface area contributed by atoms with Crippen LogP contribution in [0.5, 0.6) is 0 Å². The van der Waals surface area contributed by atoms with Gasteiger partial charge >= 0.3 is 0 Å². The fourth-order valence-corrected chi connectivity index (χ4v) is 1.93. The number of benzene rings is 1. The number of para-hydroxylation sites is 2. The van der Waals surface area contributed by atoms with E-state index in [0.29, 0.717) is 6.54 Å². The summed E-state index contributed by atoms with van der Waals surface area (Å²) in [7, 11) is 4.06. The third-order valence-electron chi connectivity index (χ3n) is 2.88. The molecule has 1 heterocycles. The first kappa shape index (κ1) is 13.4. The van der Waals surface area contributed by atoms with Gasteiger partial charge in [-0.1, -0.05) is 12.1 Å². The lowest BCUT2D eigenvalue weighted by atomic mass is 10.2. The Labute approximate surface area is 113 Å². The summed E-state index contributed by atoms with van der Waals surface area (Å²) < 4.78 is 1.74. The monoisotopic (exact) mass is 260 g/mol. The van der Waals surface area contributed by atoms with E-state index in [1.807, 2.05) is 38.6 Å². The molecule has 0 amide bonds. The van der Waals surface area contributed by atoms with Crippen molar-refractivity contribution in [1.82, 2.24) is 9.78 Å². The van der Waals surface area contributed by atoms with E-state index < -0.39 is 0 Å². The summed E-state index contributed by atoms with van der Waals surface area (Å²) in [6.45, 7) is 1.36. The molecule has 19 heavy (non-hydrogen) atoms. The average Bonchev–Trinajstić information content (AvgIpc) is 2.85. The molecule has 0 unspecified atom stereocenters. The molecule has 0 aliphatic carbocycles. The molecule has 0 atom stereocenters. The van der Waals surface area contributed by atoms with E-state index >= 15 is 0 Å². The van der Waals surface area contributed by atoms with Crippen LogP contribution in [0.4, 0.5) is 11.4 Å². The SMILES string of the molecule is CN(C)c1ccccc1NCc1cnn(CCO)c1. The highest BCUT2D eigenvalue weighted by atomic mass is 16.3. The summed E-state index contributed by atoms with van der Waals surface area (Å²) >= 11 is 0. The van der Waals surface area contributed by atoms with Crippen molar-refractivity contribution in [1.29, 1.82) is 0 Å². The smallest absolute Gasteiger partial charge is 0.0640 e. The molecular weight excluding hydrogens is 240 g/mol. The van der Waals surface area contributed by atoms with Gasteiger partial charge in [0.1, 0.15) is 0 Å². The van der Waals surface area contributed by atoms with Crippen molar-refractivity contribution < 1.29 is 5.11 Å². The summed E-state index contributed by atoms with van der Waals surface area (Å²) in [6, 6.07) is 8.19. The highest BCUT2D eigenvalue weighted by Crippen LogP contribution is 2.23. The molecule has 1 aromatic carbocycles. The van der Waals surface area contributed by atoms with Crippen LogP contribution in [0.1, 0.15) is 5.56 Å². The van der Waals surface area contributed by atoms with Gasteiger partial charge in [0.15, 0.2) is 0 Å². The lowest BCUT2D eigenvalue weighted by Crippen LogP contribution is -2.11. The summed E-state index contributed by atoms with van der Waals surface area (Å²) in [5, 5.41) is 16.4. The molecular formula is C14H20N4O. The topological polar surface area (TPSA) is 53.3 Å². The fraction of sp³-hybridized carbons (Fsp3) is 0.357. The van der Waals surface area contributed by atoms with Crippen LogP contribution in [-0.4, -0.2) is 35.6 Å². The van der Waals surface area contributed by atoms with Gasteiger partial charge < -0.3 is 15.3 Å². The number of aliphatic hydroxyl groups is 1. The van der Waals surface area contributed by atoms with Gasteiger partial charge in [-0.05, 0) is 12.1 Å². The molecule has 0 saturated heterocycles. The van der Waals surface area contributed by atoms with E-state index in [1.54, 1.807) is 4.68 Å². The lowest BCUT2D eigenvalue weighted by molar-refractivity contribution is 0.269. The number of nitrogens with one attached hydrogen (secondary N) is 1. The molecule has 0 radical (unpaired) electrons. The number of aromatic nitrogens is 2. The van der Waals surface area contributed by atoms with Crippen molar-refractivity contribution in [2.75, 3.05) is 30.9 Å². The van der Waals surface area contributed by atoms with Gasteiger partial charge in [0.05, 0.1) is 30.7 Å². The first-order valence-electron chi connectivity index (χ1n) is 6.33. The third kappa shape index (κ3) is 3.48. The predicted molar refractivity (Wildman–Crippen MR) is 77.4 cm³/mol. The van der Waals surface area contributed by atoms with Crippen LogP contribution in [-0.2, 0) is 13.1 Å². The minimum atomic E-state index is 0.109. The zero-order valence-corrected chi connectivity index (χ0v) is 11.4. The molecule has 1 aromatic heterocycles. The van der Waals surface area contributed by atoms with Crippen molar-refractivity contribution >= 4 is 11.4 Å². The summed E-state index contributed by atoms with van der Waals surface area (Å²) in [4.78, 5) is 2.08. The summed E-state index contributed by atoms with van der Waals surface area (Å²) in [5.74, 6) is 0. The zero-order chi connectivity index (χ0) is 13.7. The maximum Gasteiger partial charge on any atom is 0.0640 e. The number of aliphatic hydroxyl groups excluding tert-OH is 1. The maximum atomic E-state index is 8.85. The highest BCUT2D eigenvalue weighted by Gasteiger charge is 2.04. The summed E-state index contributed by atoms with van der Waals surface area (Å²) in [5.41, 5.74) is 3.36. The van der Waals surface area contributed by atoms with Crippen molar-refractivity contribution in [3.8, 4) is 0 Å². The lowest BCUT2D eigenvalue weighted by Gasteiger charge is -2.18. The van der Waals surface area contributed by atoms with Crippen molar-refractivity contribution in [2.24, 2.45) is 0 Å². The van der Waals surface area contributed by atoms with E-state index in [0.717, 1.165) is 23.5 Å². The van der Waals surface area contributed by atoms with Crippen LogP contribution in [0.15, 0.2) is 36.7 Å². The first-order valence-corrected chi connectivity index (χ1v) is 6.33. The van der Waals surface area contributed by atoms with E-state index in [2.05, 4.69) is 27.4 Å². The van der Waals surface area contributed by atoms with E-state index in [1.165, 1.54) is 0 Å². The molecule has 0 aliphatic rings. The Morgan fingerprint density at radius 3 is 2.84 bits per heavy atom. The molecule has 0 bridgehead atoms. The van der Waals surface area contributed by atoms with Gasteiger partial charge in [0.25, 0.3) is 0 Å². The van der Waals surface area contributed by atoms with Gasteiger partial charge in [-0.3, -0.25) is 4.68 Å². The molecule has 0 spiro atoms. The number of nitrogens with zero attached hydrogens (tertiary/aromatic N) is 3. The summed E-state index contributed by atoms with van der Waals surface area (Å²) in [6.07, 6.45) is 3.77. The van der Waals surface area contributed by atoms with Crippen molar-refractivity contribution in [3.05, 3.63) is 42.2 Å². The van der Waals surface area contributed by atoms with Gasteiger partial charge in [-0.2, -0.15) is 5.10 Å². The van der Waals surface area contributed by atoms with Gasteiger partial charge in [0.2, 0.25) is 0 Å². The third-order valence-corrected chi connectivity index (χ3v) is 2.88. The van der Waals surface area contributed by atoms with E-state index in [4.69, 9.17) is 5.11 Å². The Morgan fingerprint density at radius 1 is 1.32 bits per heavy atom. The second-order valence-corrected chi connectivity index (χ2v) is 4.60. The molecule has 2 N–H and O–H groups in total. The largest absolute Gasteiger partial charge is 0.394 e. The molecule has 0 aliphatic heterocycles. The van der Waals surface area contributed by atoms with Crippen LogP contribution in [0.2, 0.25) is 0 Å². The number of rotatable bonds is 6. The minimum Gasteiger partial charge on any atom is -0.394 e. The average molecular weight is 260 g/mol. The van der Waals surface area contributed by atoms with Gasteiger partial charge in [0, 0.05) is 32.4 Å². The van der Waals surface area contributed by atoms with Crippen LogP contribution >= 0.6 is 0 Å². The van der Waals surface area contributed by atoms with Crippen LogP contribution in [0, 0.1) is 0 Å². The minimum absolute atomic E-state index is 0.109. The molecule has 2 rings (SSSR count). The van der Waals surface area contributed by atoms with E-state index in [9.17, 15) is 0 Å². The second kappa shape index (κ2) is 6.24.